The number of H-pyrrole nitrogens is 1. The fourth-order valence-electron chi connectivity index (χ4n) is 4.07. The zero-order chi connectivity index (χ0) is 26.7. The Morgan fingerprint density at radius 1 is 1.27 bits per heavy atom. The Labute approximate surface area is 208 Å². The summed E-state index contributed by atoms with van der Waals surface area (Å²) in [6, 6.07) is 0.637. The van der Waals surface area contributed by atoms with Gasteiger partial charge in [0, 0.05) is 29.3 Å². The minimum Gasteiger partial charge on any atom is -0.383 e. The summed E-state index contributed by atoms with van der Waals surface area (Å²) in [6.07, 6.45) is 0.644. The summed E-state index contributed by atoms with van der Waals surface area (Å²) >= 11 is 0. The van der Waals surface area contributed by atoms with Gasteiger partial charge < -0.3 is 20.1 Å². The first-order chi connectivity index (χ1) is 17.6. The Bertz CT molecular complexity index is 1420. The number of anilines is 1. The van der Waals surface area contributed by atoms with Gasteiger partial charge in [0.05, 0.1) is 31.5 Å². The predicted octanol–water partition coefficient (Wildman–Crippen LogP) is 0.462. The fourth-order valence-corrected chi connectivity index (χ4v) is 4.83. The molecule has 200 valence electrons. The van der Waals surface area contributed by atoms with Crippen molar-refractivity contribution in [2.75, 3.05) is 18.9 Å². The molecule has 0 aromatic carbocycles. The first kappa shape index (κ1) is 26.8. The van der Waals surface area contributed by atoms with E-state index in [2.05, 4.69) is 20.0 Å². The lowest BCUT2D eigenvalue weighted by Gasteiger charge is -2.20. The lowest BCUT2D eigenvalue weighted by molar-refractivity contribution is -0.0388. The van der Waals surface area contributed by atoms with Gasteiger partial charge in [0.25, 0.3) is 5.56 Å². The molecule has 0 bridgehead atoms. The van der Waals surface area contributed by atoms with Crippen molar-refractivity contribution in [2.45, 2.75) is 56.9 Å². The number of hydrogen-bond donors (Lipinski definition) is 3. The quantitative estimate of drug-likeness (QED) is 0.171. The first-order valence-electron chi connectivity index (χ1n) is 11.2. The summed E-state index contributed by atoms with van der Waals surface area (Å²) in [5.41, 5.74) is 12.8. The second-order valence-corrected chi connectivity index (χ2v) is 9.96. The van der Waals surface area contributed by atoms with Crippen molar-refractivity contribution < 1.29 is 28.0 Å². The van der Waals surface area contributed by atoms with E-state index in [0.29, 0.717) is 12.8 Å². The van der Waals surface area contributed by atoms with Crippen LogP contribution >= 0.6 is 7.82 Å². The Kier molecular flexibility index (Phi) is 7.94. The largest absolute Gasteiger partial charge is 0.472 e. The van der Waals surface area contributed by atoms with Gasteiger partial charge in [0.2, 0.25) is 0 Å². The molecule has 4 rings (SSSR count). The molecular formula is C19H25N8O9P. The zero-order valence-electron chi connectivity index (χ0n) is 19.6. The summed E-state index contributed by atoms with van der Waals surface area (Å²) in [5.74, 6) is 0.0821. The van der Waals surface area contributed by atoms with Crippen LogP contribution in [-0.4, -0.2) is 55.5 Å². The van der Waals surface area contributed by atoms with Crippen LogP contribution in [-0.2, 0) is 23.1 Å². The molecule has 2 aromatic heterocycles. The minimum absolute atomic E-state index is 0.0662. The molecule has 17 nitrogen and oxygen atoms in total. The maximum absolute atomic E-state index is 12.4. The van der Waals surface area contributed by atoms with Gasteiger partial charge in [-0.15, -0.1) is 0 Å². The van der Waals surface area contributed by atoms with Crippen molar-refractivity contribution in [3.63, 3.8) is 0 Å². The topological polar surface area (TPSA) is 239 Å². The number of hydrogen-bond acceptors (Lipinski definition) is 11. The highest BCUT2D eigenvalue weighted by atomic mass is 31.2. The molecule has 0 spiro atoms. The predicted molar refractivity (Wildman–Crippen MR) is 125 cm³/mol. The number of nitrogens with two attached hydrogens (primary N) is 1. The molecule has 2 fully saturated rings. The van der Waals surface area contributed by atoms with Crippen molar-refractivity contribution in [1.29, 1.82) is 0 Å². The van der Waals surface area contributed by atoms with Gasteiger partial charge >= 0.3 is 19.2 Å². The number of aromatic amines is 1. The smallest absolute Gasteiger partial charge is 0.383 e. The van der Waals surface area contributed by atoms with Crippen molar-refractivity contribution in [2.24, 2.45) is 5.11 Å². The molecule has 37 heavy (non-hydrogen) atoms. The van der Waals surface area contributed by atoms with E-state index in [-0.39, 0.29) is 24.4 Å². The number of phosphoric ester groups is 1. The summed E-state index contributed by atoms with van der Waals surface area (Å²) in [7, 11) is -4.57. The average Bonchev–Trinajstić information content (AvgIpc) is 3.46. The third-order valence-electron chi connectivity index (χ3n) is 5.93. The number of azide groups is 1. The molecule has 4 heterocycles. The van der Waals surface area contributed by atoms with E-state index in [1.165, 1.54) is 30.0 Å². The SMILES string of the molecule is Cc1cn([C@H]2C[C@H](N=[N+]=[N-])[C@@H](COP(=O)(O)OC[C@@H]3CC[C@H](n4ccc(N)nc4=O)O3)O2)c(=O)[nH]c1=O. The molecule has 18 heteroatoms. The fraction of sp³-hybridized carbons (Fsp3) is 0.579. The second kappa shape index (κ2) is 11.0. The minimum atomic E-state index is -4.57. The van der Waals surface area contributed by atoms with Crippen LogP contribution < -0.4 is 22.7 Å². The van der Waals surface area contributed by atoms with Gasteiger partial charge in [-0.1, -0.05) is 5.11 Å². The Morgan fingerprint density at radius 2 is 2.03 bits per heavy atom. The van der Waals surface area contributed by atoms with E-state index in [4.69, 9.17) is 29.8 Å². The van der Waals surface area contributed by atoms with E-state index in [1.54, 1.807) is 0 Å². The number of phosphoric acid groups is 1. The van der Waals surface area contributed by atoms with Gasteiger partial charge in [0.1, 0.15) is 18.3 Å². The third kappa shape index (κ3) is 6.34. The van der Waals surface area contributed by atoms with E-state index >= 15 is 0 Å². The molecule has 0 amide bonds. The highest BCUT2D eigenvalue weighted by Gasteiger charge is 2.39. The maximum atomic E-state index is 12.4. The number of aryl methyl sites for hydroxylation is 1. The summed E-state index contributed by atoms with van der Waals surface area (Å²) in [4.78, 5) is 54.5. The van der Waals surface area contributed by atoms with Crippen molar-refractivity contribution in [3.8, 4) is 0 Å². The van der Waals surface area contributed by atoms with Crippen LogP contribution in [0.4, 0.5) is 5.82 Å². The van der Waals surface area contributed by atoms with E-state index in [9.17, 15) is 23.8 Å². The lowest BCUT2D eigenvalue weighted by Crippen LogP contribution is -2.33. The number of rotatable bonds is 9. The Hall–Kier alpha value is -3.30. The van der Waals surface area contributed by atoms with E-state index < -0.39 is 62.1 Å². The normalized spacial score (nSPS) is 27.0. The van der Waals surface area contributed by atoms with Crippen LogP contribution in [0.1, 0.15) is 37.3 Å². The van der Waals surface area contributed by atoms with Crippen LogP contribution in [0.3, 0.4) is 0 Å². The van der Waals surface area contributed by atoms with Crippen LogP contribution in [0.15, 0.2) is 38.0 Å². The molecule has 0 aliphatic carbocycles. The van der Waals surface area contributed by atoms with E-state index in [1.807, 2.05) is 0 Å². The van der Waals surface area contributed by atoms with Crippen molar-refractivity contribution >= 4 is 13.6 Å². The van der Waals surface area contributed by atoms with Crippen LogP contribution in [0.5, 0.6) is 0 Å². The first-order valence-corrected chi connectivity index (χ1v) is 12.7. The molecule has 2 saturated heterocycles. The molecule has 2 aliphatic rings. The number of nitrogens with zero attached hydrogens (tertiary/aromatic N) is 6. The second-order valence-electron chi connectivity index (χ2n) is 8.51. The number of nitrogen functional groups attached to an aromatic ring is 1. The number of ether oxygens (including phenoxy) is 2. The molecule has 4 N–H and O–H groups in total. The van der Waals surface area contributed by atoms with Crippen molar-refractivity contribution in [3.05, 3.63) is 65.8 Å². The molecule has 6 atom stereocenters. The Morgan fingerprint density at radius 3 is 2.76 bits per heavy atom. The van der Waals surface area contributed by atoms with Gasteiger partial charge in [-0.3, -0.25) is 28.0 Å². The van der Waals surface area contributed by atoms with Crippen LogP contribution in [0.2, 0.25) is 0 Å². The van der Waals surface area contributed by atoms with Gasteiger partial charge in [-0.25, -0.2) is 14.2 Å². The zero-order valence-corrected chi connectivity index (χ0v) is 20.5. The standard InChI is InChI=1S/C19H25N8O9P/c1-10-7-27(19(30)23-17(10)28)16-6-12(24-25-21)13(36-16)9-34-37(31,32)33-8-11-2-3-15(35-11)26-5-4-14(20)22-18(26)29/h4-5,7,11-13,15-16H,2-3,6,8-9H2,1H3,(H,31,32)(H2,20,22,29)(H,23,28,30)/t11-,12-,13+,15+,16+/m0/s1. The maximum Gasteiger partial charge on any atom is 0.472 e. The number of aromatic nitrogens is 4. The van der Waals surface area contributed by atoms with Gasteiger partial charge in [-0.05, 0) is 31.4 Å². The summed E-state index contributed by atoms with van der Waals surface area (Å²) in [6.45, 7) is 0.739. The summed E-state index contributed by atoms with van der Waals surface area (Å²) < 4.78 is 36.4. The molecule has 2 aliphatic heterocycles. The molecule has 2 aromatic rings. The lowest BCUT2D eigenvalue weighted by atomic mass is 10.1. The Balaban J connectivity index is 1.32. The van der Waals surface area contributed by atoms with Gasteiger partial charge in [-0.2, -0.15) is 4.98 Å². The third-order valence-corrected chi connectivity index (χ3v) is 6.88. The van der Waals surface area contributed by atoms with E-state index in [0.717, 1.165) is 4.57 Å². The van der Waals surface area contributed by atoms with Crippen LogP contribution in [0, 0.1) is 6.92 Å². The van der Waals surface area contributed by atoms with Crippen LogP contribution in [0.25, 0.3) is 10.4 Å². The highest BCUT2D eigenvalue weighted by molar-refractivity contribution is 7.47. The summed E-state index contributed by atoms with van der Waals surface area (Å²) in [5, 5.41) is 3.63. The average molecular weight is 540 g/mol. The molecular weight excluding hydrogens is 515 g/mol. The van der Waals surface area contributed by atoms with Gasteiger partial charge in [0.15, 0.2) is 0 Å². The monoisotopic (exact) mass is 540 g/mol. The highest BCUT2D eigenvalue weighted by Crippen LogP contribution is 2.45. The molecule has 1 unspecified atom stereocenters. The van der Waals surface area contributed by atoms with Crippen molar-refractivity contribution in [1.82, 2.24) is 19.1 Å². The molecule has 0 radical (unpaired) electrons. The number of nitrogens with one attached hydrogen (secondary N) is 1. The molecule has 0 saturated carbocycles.